The number of carbonyl (C=O) groups excluding carboxylic acids is 1. The summed E-state index contributed by atoms with van der Waals surface area (Å²) in [6, 6.07) is 0. The van der Waals surface area contributed by atoms with Crippen molar-refractivity contribution >= 4 is 16.0 Å². The zero-order chi connectivity index (χ0) is 12.3. The van der Waals surface area contributed by atoms with Gasteiger partial charge in [0.05, 0.1) is 13.3 Å². The highest BCUT2D eigenvalue weighted by molar-refractivity contribution is 7.89. The summed E-state index contributed by atoms with van der Waals surface area (Å²) in [5, 5.41) is -0.0450. The van der Waals surface area contributed by atoms with Gasteiger partial charge in [-0.25, -0.2) is 13.4 Å². The quantitative estimate of drug-likeness (QED) is 0.725. The van der Waals surface area contributed by atoms with Crippen LogP contribution >= 0.6 is 0 Å². The molecule has 0 amide bonds. The van der Waals surface area contributed by atoms with Crippen molar-refractivity contribution in [3.8, 4) is 0 Å². The molecule has 0 aliphatic heterocycles. The highest BCUT2D eigenvalue weighted by atomic mass is 32.2. The number of H-pyrrole nitrogens is 1. The van der Waals surface area contributed by atoms with Crippen molar-refractivity contribution in [1.29, 1.82) is 0 Å². The summed E-state index contributed by atoms with van der Waals surface area (Å²) in [5.41, 5.74) is 0. The summed E-state index contributed by atoms with van der Waals surface area (Å²) >= 11 is 0. The maximum atomic E-state index is 11.8. The van der Waals surface area contributed by atoms with E-state index in [2.05, 4.69) is 14.7 Å². The summed E-state index contributed by atoms with van der Waals surface area (Å²) in [6.07, 6.45) is 1.21. The molecule has 16 heavy (non-hydrogen) atoms. The number of rotatable bonds is 4. The number of methoxy groups -OCH3 is 1. The molecule has 0 spiro atoms. The summed E-state index contributed by atoms with van der Waals surface area (Å²) in [6.45, 7) is 1.30. The molecule has 0 saturated heterocycles. The van der Waals surface area contributed by atoms with Crippen LogP contribution in [0.15, 0.2) is 11.2 Å². The normalized spacial score (nSPS) is 11.8. The van der Waals surface area contributed by atoms with Gasteiger partial charge in [0.15, 0.2) is 5.03 Å². The third-order valence-corrected chi connectivity index (χ3v) is 3.66. The number of imidazole rings is 1. The summed E-state index contributed by atoms with van der Waals surface area (Å²) in [4.78, 5) is 17.3. The van der Waals surface area contributed by atoms with E-state index in [1.54, 1.807) is 6.92 Å². The summed E-state index contributed by atoms with van der Waals surface area (Å²) < 4.78 is 29.0. The fraction of sp³-hybridized carbons (Fsp3) is 0.500. The average molecular weight is 247 g/mol. The smallest absolute Gasteiger partial charge is 0.321 e. The fourth-order valence-electron chi connectivity index (χ4n) is 1.03. The molecule has 0 bridgehead atoms. The Morgan fingerprint density at radius 2 is 2.25 bits per heavy atom. The van der Waals surface area contributed by atoms with Gasteiger partial charge in [-0.1, -0.05) is 0 Å². The largest absolute Gasteiger partial charge is 0.468 e. The molecule has 7 nitrogen and oxygen atoms in total. The molecule has 0 aliphatic rings. The van der Waals surface area contributed by atoms with Crippen LogP contribution in [0.5, 0.6) is 0 Å². The van der Waals surface area contributed by atoms with Gasteiger partial charge < -0.3 is 9.72 Å². The summed E-state index contributed by atoms with van der Waals surface area (Å²) in [7, 11) is -1.22. The molecule has 0 aromatic carbocycles. The van der Waals surface area contributed by atoms with Crippen molar-refractivity contribution in [2.45, 2.75) is 11.9 Å². The Balaban J connectivity index is 2.90. The number of ether oxygens (including phenoxy) is 1. The predicted octanol–water partition coefficient (Wildman–Crippen LogP) is -0.488. The van der Waals surface area contributed by atoms with Crippen LogP contribution in [0.4, 0.5) is 0 Å². The number of esters is 1. The minimum Gasteiger partial charge on any atom is -0.468 e. The molecule has 1 heterocycles. The molecule has 0 unspecified atom stereocenters. The molecule has 1 rings (SSSR count). The Morgan fingerprint density at radius 1 is 1.62 bits per heavy atom. The second kappa shape index (κ2) is 4.62. The first-order valence-corrected chi connectivity index (χ1v) is 5.86. The van der Waals surface area contributed by atoms with Crippen LogP contribution in [-0.4, -0.2) is 49.4 Å². The lowest BCUT2D eigenvalue weighted by Crippen LogP contribution is -2.32. The molecular weight excluding hydrogens is 234 g/mol. The van der Waals surface area contributed by atoms with Crippen molar-refractivity contribution in [3.63, 3.8) is 0 Å². The van der Waals surface area contributed by atoms with Crippen molar-refractivity contribution in [2.24, 2.45) is 0 Å². The SMILES string of the molecule is COC(=O)CN(C)S(=O)(=O)c1cnc(C)[nH]1. The molecule has 0 atom stereocenters. The number of hydrogen-bond acceptors (Lipinski definition) is 5. The Kier molecular flexibility index (Phi) is 3.66. The number of hydrogen-bond donors (Lipinski definition) is 1. The Bertz CT molecular complexity index is 479. The van der Waals surface area contributed by atoms with Gasteiger partial charge in [-0.15, -0.1) is 0 Å². The molecule has 90 valence electrons. The highest BCUT2D eigenvalue weighted by Crippen LogP contribution is 2.11. The average Bonchev–Trinajstić information content (AvgIpc) is 2.65. The first kappa shape index (κ1) is 12.7. The molecule has 8 heteroatoms. The second-order valence-corrected chi connectivity index (χ2v) is 5.18. The molecule has 0 fully saturated rings. The van der Waals surface area contributed by atoms with Crippen molar-refractivity contribution < 1.29 is 17.9 Å². The van der Waals surface area contributed by atoms with Crippen LogP contribution in [0.1, 0.15) is 5.82 Å². The fourth-order valence-corrected chi connectivity index (χ4v) is 2.10. The molecular formula is C8H13N3O4S. The lowest BCUT2D eigenvalue weighted by molar-refractivity contribution is -0.140. The Morgan fingerprint density at radius 3 is 2.69 bits per heavy atom. The third-order valence-electron chi connectivity index (χ3n) is 1.95. The van der Waals surface area contributed by atoms with Gasteiger partial charge in [-0.05, 0) is 6.92 Å². The maximum Gasteiger partial charge on any atom is 0.321 e. The van der Waals surface area contributed by atoms with E-state index in [0.717, 1.165) is 4.31 Å². The van der Waals surface area contributed by atoms with Crippen molar-refractivity contribution in [3.05, 3.63) is 12.0 Å². The van der Waals surface area contributed by atoms with Gasteiger partial charge in [0.1, 0.15) is 12.4 Å². The van der Waals surface area contributed by atoms with Crippen molar-refractivity contribution in [2.75, 3.05) is 20.7 Å². The zero-order valence-corrected chi connectivity index (χ0v) is 10.0. The Labute approximate surface area is 93.5 Å². The number of nitrogens with zero attached hydrogens (tertiary/aromatic N) is 2. The highest BCUT2D eigenvalue weighted by Gasteiger charge is 2.24. The lowest BCUT2D eigenvalue weighted by Gasteiger charge is -2.13. The van der Waals surface area contributed by atoms with E-state index >= 15 is 0 Å². The lowest BCUT2D eigenvalue weighted by atomic mass is 10.7. The number of aromatic nitrogens is 2. The first-order valence-electron chi connectivity index (χ1n) is 4.42. The van der Waals surface area contributed by atoms with E-state index in [-0.39, 0.29) is 11.6 Å². The van der Waals surface area contributed by atoms with Crippen LogP contribution in [0.2, 0.25) is 0 Å². The molecule has 1 N–H and O–H groups in total. The second-order valence-electron chi connectivity index (χ2n) is 3.17. The van der Waals surface area contributed by atoms with Gasteiger partial charge >= 0.3 is 5.97 Å². The van der Waals surface area contributed by atoms with Crippen molar-refractivity contribution in [1.82, 2.24) is 14.3 Å². The van der Waals surface area contributed by atoms with Gasteiger partial charge in [0.25, 0.3) is 10.0 Å². The van der Waals surface area contributed by atoms with E-state index < -0.39 is 16.0 Å². The number of likely N-dealkylation sites (N-methyl/N-ethyl adjacent to an activating group) is 1. The number of aromatic amines is 1. The number of aryl methyl sites for hydroxylation is 1. The first-order chi connectivity index (χ1) is 7.37. The molecule has 0 aliphatic carbocycles. The van der Waals surface area contributed by atoms with E-state index in [9.17, 15) is 13.2 Å². The number of sulfonamides is 1. The monoisotopic (exact) mass is 247 g/mol. The molecule has 0 radical (unpaired) electrons. The number of nitrogens with one attached hydrogen (secondary N) is 1. The minimum absolute atomic E-state index is 0.0450. The van der Waals surface area contributed by atoms with E-state index in [4.69, 9.17) is 0 Å². The topological polar surface area (TPSA) is 92.4 Å². The van der Waals surface area contributed by atoms with Gasteiger partial charge in [-0.2, -0.15) is 4.31 Å². The molecule has 1 aromatic rings. The zero-order valence-electron chi connectivity index (χ0n) is 9.22. The van der Waals surface area contributed by atoms with Crippen LogP contribution in [0, 0.1) is 6.92 Å². The molecule has 0 saturated carbocycles. The van der Waals surface area contributed by atoms with E-state index in [0.29, 0.717) is 5.82 Å². The van der Waals surface area contributed by atoms with Gasteiger partial charge in [0.2, 0.25) is 0 Å². The van der Waals surface area contributed by atoms with Crippen LogP contribution in [0.25, 0.3) is 0 Å². The van der Waals surface area contributed by atoms with Crippen LogP contribution in [0.3, 0.4) is 0 Å². The minimum atomic E-state index is -3.71. The third kappa shape index (κ3) is 2.58. The van der Waals surface area contributed by atoms with Crippen LogP contribution in [-0.2, 0) is 19.6 Å². The van der Waals surface area contributed by atoms with E-state index in [1.165, 1.54) is 20.4 Å². The molecule has 1 aromatic heterocycles. The Hall–Kier alpha value is -1.41. The van der Waals surface area contributed by atoms with Crippen LogP contribution < -0.4 is 0 Å². The van der Waals surface area contributed by atoms with Gasteiger partial charge in [0, 0.05) is 7.05 Å². The predicted molar refractivity (Wildman–Crippen MR) is 55.2 cm³/mol. The summed E-state index contributed by atoms with van der Waals surface area (Å²) in [5.74, 6) is -0.132. The van der Waals surface area contributed by atoms with E-state index in [1.807, 2.05) is 0 Å². The number of carbonyl (C=O) groups is 1. The van der Waals surface area contributed by atoms with Gasteiger partial charge in [-0.3, -0.25) is 4.79 Å². The maximum absolute atomic E-state index is 11.8. The standard InChI is InChI=1S/C8H13N3O4S/c1-6-9-4-7(10-6)16(13,14)11(2)5-8(12)15-3/h4H,5H2,1-3H3,(H,9,10).